The molecule has 1 aliphatic rings. The van der Waals surface area contributed by atoms with Crippen LogP contribution in [0.15, 0.2) is 29.2 Å². The smallest absolute Gasteiger partial charge is 0.320 e. The Bertz CT molecular complexity index is 725. The van der Waals surface area contributed by atoms with Gasteiger partial charge in [-0.2, -0.15) is 4.31 Å². The van der Waals surface area contributed by atoms with Crippen LogP contribution in [0, 0.1) is 6.92 Å². The summed E-state index contributed by atoms with van der Waals surface area (Å²) in [5.74, 6) is -1.34. The normalized spacial score (nSPS) is 17.3. The lowest BCUT2D eigenvalue weighted by Gasteiger charge is -2.34. The van der Waals surface area contributed by atoms with Crippen LogP contribution >= 0.6 is 0 Å². The Morgan fingerprint density at radius 2 is 1.72 bits per heavy atom. The van der Waals surface area contributed by atoms with E-state index in [4.69, 9.17) is 10.8 Å². The van der Waals surface area contributed by atoms with Gasteiger partial charge < -0.3 is 15.7 Å². The Labute approximate surface area is 147 Å². The molecule has 9 heteroatoms. The molecular weight excluding hydrogens is 346 g/mol. The number of amides is 1. The predicted molar refractivity (Wildman–Crippen MR) is 91.4 cm³/mol. The number of benzene rings is 1. The molecule has 3 N–H and O–H groups in total. The van der Waals surface area contributed by atoms with Gasteiger partial charge in [-0.1, -0.05) is 17.7 Å². The van der Waals surface area contributed by atoms with E-state index in [1.54, 1.807) is 29.2 Å². The third kappa shape index (κ3) is 4.77. The summed E-state index contributed by atoms with van der Waals surface area (Å²) in [6.07, 6.45) is 0.105. The van der Waals surface area contributed by atoms with Gasteiger partial charge in [0.1, 0.15) is 6.04 Å². The third-order valence-electron chi connectivity index (χ3n) is 4.24. The van der Waals surface area contributed by atoms with Crippen molar-refractivity contribution in [2.75, 3.05) is 26.2 Å². The van der Waals surface area contributed by atoms with Gasteiger partial charge in [0.15, 0.2) is 0 Å². The number of piperazine rings is 1. The Morgan fingerprint density at radius 3 is 2.24 bits per heavy atom. The summed E-state index contributed by atoms with van der Waals surface area (Å²) in [6, 6.07) is 5.59. The van der Waals surface area contributed by atoms with Crippen molar-refractivity contribution in [2.24, 2.45) is 5.73 Å². The summed E-state index contributed by atoms with van der Waals surface area (Å²) in [5.41, 5.74) is 6.37. The molecular formula is C16H23N3O5S. The zero-order valence-electron chi connectivity index (χ0n) is 14.1. The van der Waals surface area contributed by atoms with E-state index >= 15 is 0 Å². The van der Waals surface area contributed by atoms with Crippen molar-refractivity contribution in [1.82, 2.24) is 9.21 Å². The van der Waals surface area contributed by atoms with Crippen molar-refractivity contribution < 1.29 is 23.1 Å². The molecule has 0 spiro atoms. The van der Waals surface area contributed by atoms with Gasteiger partial charge in [0, 0.05) is 32.6 Å². The van der Waals surface area contributed by atoms with Crippen LogP contribution in [0.2, 0.25) is 0 Å². The van der Waals surface area contributed by atoms with Crippen LogP contribution in [-0.4, -0.2) is 66.8 Å². The van der Waals surface area contributed by atoms with Crippen molar-refractivity contribution in [3.05, 3.63) is 29.8 Å². The van der Waals surface area contributed by atoms with Crippen molar-refractivity contribution in [3.8, 4) is 0 Å². The van der Waals surface area contributed by atoms with Gasteiger partial charge in [0.25, 0.3) is 0 Å². The maximum Gasteiger partial charge on any atom is 0.320 e. The maximum absolute atomic E-state index is 12.6. The van der Waals surface area contributed by atoms with E-state index in [2.05, 4.69) is 0 Å². The standard InChI is InChI=1S/C16H23N3O5S/c1-12-2-4-13(5-3-12)25(23,24)19-10-8-18(9-11-19)15(20)7-6-14(17)16(21)22/h2-5,14H,6-11,17H2,1H3,(H,21,22)/t14-/m0/s1. The first-order valence-corrected chi connectivity index (χ1v) is 9.49. The first kappa shape index (κ1) is 19.4. The molecule has 1 fully saturated rings. The number of carboxylic acids is 1. The number of aryl methyl sites for hydroxylation is 1. The molecule has 8 nitrogen and oxygen atoms in total. The summed E-state index contributed by atoms with van der Waals surface area (Å²) < 4.78 is 26.6. The molecule has 0 saturated carbocycles. The molecule has 138 valence electrons. The zero-order chi connectivity index (χ0) is 18.6. The first-order valence-electron chi connectivity index (χ1n) is 8.05. The zero-order valence-corrected chi connectivity index (χ0v) is 14.9. The van der Waals surface area contributed by atoms with E-state index in [1.807, 2.05) is 6.92 Å². The average Bonchev–Trinajstić information content (AvgIpc) is 2.59. The second-order valence-electron chi connectivity index (χ2n) is 6.08. The molecule has 1 saturated heterocycles. The molecule has 1 aromatic rings. The van der Waals surface area contributed by atoms with E-state index in [0.29, 0.717) is 0 Å². The molecule has 1 atom stereocenters. The number of nitrogens with zero attached hydrogens (tertiary/aromatic N) is 2. The van der Waals surface area contributed by atoms with E-state index in [-0.39, 0.29) is 49.8 Å². The summed E-state index contributed by atoms with van der Waals surface area (Å²) in [5, 5.41) is 8.73. The largest absolute Gasteiger partial charge is 0.480 e. The van der Waals surface area contributed by atoms with E-state index in [1.165, 1.54) is 4.31 Å². The summed E-state index contributed by atoms with van der Waals surface area (Å²) in [7, 11) is -3.57. The Hall–Kier alpha value is -1.97. The second-order valence-corrected chi connectivity index (χ2v) is 8.02. The molecule has 1 amide bonds. The maximum atomic E-state index is 12.6. The Morgan fingerprint density at radius 1 is 1.16 bits per heavy atom. The van der Waals surface area contributed by atoms with Crippen LogP contribution in [0.3, 0.4) is 0 Å². The molecule has 1 heterocycles. The van der Waals surface area contributed by atoms with Gasteiger partial charge in [-0.05, 0) is 25.5 Å². The molecule has 1 aromatic carbocycles. The lowest BCUT2D eigenvalue weighted by Crippen LogP contribution is -2.50. The number of rotatable bonds is 6. The molecule has 0 radical (unpaired) electrons. The predicted octanol–water partition coefficient (Wildman–Crippen LogP) is 0.0200. The van der Waals surface area contributed by atoms with Gasteiger partial charge in [-0.3, -0.25) is 9.59 Å². The van der Waals surface area contributed by atoms with Crippen molar-refractivity contribution in [2.45, 2.75) is 30.7 Å². The van der Waals surface area contributed by atoms with Crippen molar-refractivity contribution in [3.63, 3.8) is 0 Å². The highest BCUT2D eigenvalue weighted by atomic mass is 32.2. The van der Waals surface area contributed by atoms with Gasteiger partial charge in [0.2, 0.25) is 15.9 Å². The van der Waals surface area contributed by atoms with Gasteiger partial charge in [0.05, 0.1) is 4.90 Å². The van der Waals surface area contributed by atoms with Crippen molar-refractivity contribution >= 4 is 21.9 Å². The van der Waals surface area contributed by atoms with Crippen LogP contribution in [0.5, 0.6) is 0 Å². The number of sulfonamides is 1. The number of aliphatic carboxylic acids is 1. The molecule has 0 unspecified atom stereocenters. The summed E-state index contributed by atoms with van der Waals surface area (Å²) in [4.78, 5) is 24.6. The minimum atomic E-state index is -3.57. The SMILES string of the molecule is Cc1ccc(S(=O)(=O)N2CCN(C(=O)CC[C@H](N)C(=O)O)CC2)cc1. The summed E-state index contributed by atoms with van der Waals surface area (Å²) >= 11 is 0. The fourth-order valence-electron chi connectivity index (χ4n) is 2.60. The molecule has 1 aliphatic heterocycles. The lowest BCUT2D eigenvalue weighted by molar-refractivity contribution is -0.139. The molecule has 2 rings (SSSR count). The number of carbonyl (C=O) groups excluding carboxylic acids is 1. The van der Waals surface area contributed by atoms with E-state index in [9.17, 15) is 18.0 Å². The van der Waals surface area contributed by atoms with Crippen molar-refractivity contribution in [1.29, 1.82) is 0 Å². The van der Waals surface area contributed by atoms with Crippen LogP contribution in [0.4, 0.5) is 0 Å². The number of nitrogens with two attached hydrogens (primary N) is 1. The fourth-order valence-corrected chi connectivity index (χ4v) is 4.02. The fraction of sp³-hybridized carbons (Fsp3) is 0.500. The number of hydrogen-bond acceptors (Lipinski definition) is 5. The quantitative estimate of drug-likeness (QED) is 0.729. The molecule has 25 heavy (non-hydrogen) atoms. The minimum absolute atomic E-state index is 0.0399. The van der Waals surface area contributed by atoms with Crippen LogP contribution in [0.25, 0.3) is 0 Å². The number of hydrogen-bond donors (Lipinski definition) is 2. The highest BCUT2D eigenvalue weighted by Crippen LogP contribution is 2.18. The van der Waals surface area contributed by atoms with Crippen LogP contribution in [0.1, 0.15) is 18.4 Å². The Balaban J connectivity index is 1.91. The minimum Gasteiger partial charge on any atom is -0.480 e. The monoisotopic (exact) mass is 369 g/mol. The first-order chi connectivity index (χ1) is 11.7. The van der Waals surface area contributed by atoms with Crippen LogP contribution in [-0.2, 0) is 19.6 Å². The third-order valence-corrected chi connectivity index (χ3v) is 6.15. The lowest BCUT2D eigenvalue weighted by atomic mass is 10.1. The van der Waals surface area contributed by atoms with E-state index < -0.39 is 22.0 Å². The highest BCUT2D eigenvalue weighted by molar-refractivity contribution is 7.89. The summed E-state index contributed by atoms with van der Waals surface area (Å²) in [6.45, 7) is 2.88. The topological polar surface area (TPSA) is 121 Å². The number of carboxylic acid groups (broad SMARTS) is 1. The molecule has 0 aromatic heterocycles. The highest BCUT2D eigenvalue weighted by Gasteiger charge is 2.30. The van der Waals surface area contributed by atoms with Crippen LogP contribution < -0.4 is 5.73 Å². The average molecular weight is 369 g/mol. The number of carbonyl (C=O) groups is 2. The van der Waals surface area contributed by atoms with Gasteiger partial charge in [-0.25, -0.2) is 8.42 Å². The van der Waals surface area contributed by atoms with Gasteiger partial charge >= 0.3 is 5.97 Å². The van der Waals surface area contributed by atoms with Gasteiger partial charge in [-0.15, -0.1) is 0 Å². The molecule has 0 aliphatic carbocycles. The van der Waals surface area contributed by atoms with E-state index in [0.717, 1.165) is 5.56 Å². The Kier molecular flexibility index (Phi) is 6.15. The molecule has 0 bridgehead atoms. The second kappa shape index (κ2) is 7.94.